The van der Waals surface area contributed by atoms with E-state index < -0.39 is 43.8 Å². The van der Waals surface area contributed by atoms with E-state index in [0.29, 0.717) is 66.2 Å². The average Bonchev–Trinajstić information content (AvgIpc) is 3.76. The molecule has 2 N–H and O–H groups in total. The molecule has 10 aliphatic rings. The number of fused-ring (bicyclic) bond motifs is 1. The number of benzene rings is 1. The largest absolute Gasteiger partial charge is 0.393 e. The standard InChI is InChI=1S/C45H55ClFNO5S2/c1-40-11-8-31(49)24-43(40)14-15-45(33(25-43)36(50)20-32-34(46)5-3-6-35(32)47)37(40)9-12-41(2)38(45)10-13-44(41,51)27-48(55(52,53)39-7-4-16-54-39)26-42-21-28-17-29(22-42)19-30(18-28)23-42/h3-7,14-16,25,28-31,37-38,49,51H,8-13,17-24,26-27H2,1-2H3/t28?,29?,30?,31?,37-,38-,40-,41+,42?,43+,44-,45-/m1/s1. The first-order valence-corrected chi connectivity index (χ1v) is 23.6. The van der Waals surface area contributed by atoms with Gasteiger partial charge in [0.15, 0.2) is 5.78 Å². The molecule has 10 heteroatoms. The van der Waals surface area contributed by atoms with Gasteiger partial charge in [-0.3, -0.25) is 4.79 Å². The van der Waals surface area contributed by atoms with Gasteiger partial charge in [0, 0.05) is 51.9 Å². The second-order valence-electron chi connectivity index (χ2n) is 20.2. The number of thiophene rings is 1. The van der Waals surface area contributed by atoms with E-state index >= 15 is 4.39 Å². The van der Waals surface area contributed by atoms with Gasteiger partial charge in [-0.1, -0.05) is 55.8 Å². The summed E-state index contributed by atoms with van der Waals surface area (Å²) in [6.45, 7) is 5.00. The number of sulfonamides is 1. The number of allylic oxidation sites excluding steroid dienone is 4. The lowest BCUT2D eigenvalue weighted by atomic mass is 9.32. The van der Waals surface area contributed by atoms with Crippen molar-refractivity contribution in [2.45, 2.75) is 120 Å². The van der Waals surface area contributed by atoms with E-state index in [4.69, 9.17) is 11.6 Å². The van der Waals surface area contributed by atoms with Gasteiger partial charge in [-0.05, 0) is 147 Å². The smallest absolute Gasteiger partial charge is 0.252 e. The van der Waals surface area contributed by atoms with Crippen LogP contribution in [0.25, 0.3) is 0 Å². The minimum atomic E-state index is -3.89. The summed E-state index contributed by atoms with van der Waals surface area (Å²) in [4.78, 5) is 14.9. The van der Waals surface area contributed by atoms with Gasteiger partial charge in [-0.2, -0.15) is 4.31 Å². The molecule has 1 aromatic heterocycles. The van der Waals surface area contributed by atoms with Gasteiger partial charge >= 0.3 is 0 Å². The third kappa shape index (κ3) is 5.17. The van der Waals surface area contributed by atoms with Crippen molar-refractivity contribution in [3.8, 4) is 0 Å². The van der Waals surface area contributed by atoms with Crippen LogP contribution in [0.4, 0.5) is 4.39 Å². The van der Waals surface area contributed by atoms with E-state index in [1.165, 1.54) is 36.7 Å². The molecule has 7 fully saturated rings. The highest BCUT2D eigenvalue weighted by molar-refractivity contribution is 7.91. The van der Waals surface area contributed by atoms with Crippen molar-refractivity contribution in [2.24, 2.45) is 56.7 Å². The fourth-order valence-corrected chi connectivity index (χ4v) is 18.5. The van der Waals surface area contributed by atoms with Crippen molar-refractivity contribution >= 4 is 38.7 Å². The lowest BCUT2D eigenvalue weighted by molar-refractivity contribution is -0.178. The van der Waals surface area contributed by atoms with Gasteiger partial charge in [0.25, 0.3) is 10.0 Å². The molecule has 8 atom stereocenters. The molecule has 0 radical (unpaired) electrons. The number of carbonyl (C=O) groups is 1. The fraction of sp³-hybridized carbons (Fsp3) is 0.667. The highest BCUT2D eigenvalue weighted by atomic mass is 35.5. The molecule has 1 unspecified atom stereocenters. The van der Waals surface area contributed by atoms with E-state index in [2.05, 4.69) is 32.1 Å². The van der Waals surface area contributed by atoms with Crippen LogP contribution in [0.2, 0.25) is 5.02 Å². The summed E-state index contributed by atoms with van der Waals surface area (Å²) >= 11 is 7.76. The Morgan fingerprint density at radius 2 is 1.58 bits per heavy atom. The molecule has 296 valence electrons. The zero-order valence-corrected chi connectivity index (χ0v) is 34.5. The van der Waals surface area contributed by atoms with E-state index in [-0.39, 0.29) is 52.0 Å². The Balaban J connectivity index is 1.05. The zero-order chi connectivity index (χ0) is 38.4. The van der Waals surface area contributed by atoms with Crippen molar-refractivity contribution in [3.05, 3.63) is 75.9 Å². The Labute approximate surface area is 334 Å². The predicted molar refractivity (Wildman–Crippen MR) is 212 cm³/mol. The minimum absolute atomic E-state index is 0.0394. The molecule has 2 aromatic rings. The lowest BCUT2D eigenvalue weighted by Gasteiger charge is -2.71. The summed E-state index contributed by atoms with van der Waals surface area (Å²) in [5.41, 5.74) is -2.66. The van der Waals surface area contributed by atoms with E-state index in [1.54, 1.807) is 28.6 Å². The first-order chi connectivity index (χ1) is 26.1. The summed E-state index contributed by atoms with van der Waals surface area (Å²) in [7, 11) is -3.89. The monoisotopic (exact) mass is 807 g/mol. The molecular weight excluding hydrogens is 753 g/mol. The number of rotatable bonds is 9. The van der Waals surface area contributed by atoms with Crippen LogP contribution in [-0.2, 0) is 21.2 Å². The molecule has 2 spiro atoms. The van der Waals surface area contributed by atoms with Crippen LogP contribution < -0.4 is 0 Å². The summed E-state index contributed by atoms with van der Waals surface area (Å²) in [6.07, 6.45) is 17.7. The van der Waals surface area contributed by atoms with Crippen LogP contribution in [0.1, 0.15) is 103 Å². The highest BCUT2D eigenvalue weighted by Gasteiger charge is 2.74. The Kier molecular flexibility index (Phi) is 8.38. The normalized spacial score (nSPS) is 45.0. The van der Waals surface area contributed by atoms with Gasteiger partial charge in [-0.15, -0.1) is 11.3 Å². The van der Waals surface area contributed by atoms with Crippen LogP contribution in [0.15, 0.2) is 63.7 Å². The second-order valence-corrected chi connectivity index (χ2v) is 23.8. The molecule has 12 rings (SSSR count). The van der Waals surface area contributed by atoms with Crippen LogP contribution in [0.5, 0.6) is 0 Å². The Bertz CT molecular complexity index is 2050. The Morgan fingerprint density at radius 3 is 2.25 bits per heavy atom. The van der Waals surface area contributed by atoms with Crippen LogP contribution in [0.3, 0.4) is 0 Å². The Morgan fingerprint density at radius 1 is 0.909 bits per heavy atom. The maximum absolute atomic E-state index is 15.3. The maximum Gasteiger partial charge on any atom is 0.252 e. The third-order valence-electron chi connectivity index (χ3n) is 17.6. The topological polar surface area (TPSA) is 94.9 Å². The van der Waals surface area contributed by atoms with Gasteiger partial charge in [0.05, 0.1) is 11.7 Å². The minimum Gasteiger partial charge on any atom is -0.393 e. The zero-order valence-electron chi connectivity index (χ0n) is 32.1. The van der Waals surface area contributed by atoms with E-state index in [1.807, 2.05) is 5.38 Å². The van der Waals surface area contributed by atoms with E-state index in [9.17, 15) is 23.4 Å². The van der Waals surface area contributed by atoms with E-state index in [0.717, 1.165) is 32.1 Å². The second kappa shape index (κ2) is 12.3. The quantitative estimate of drug-likeness (QED) is 0.247. The number of aliphatic hydroxyl groups is 2. The number of aliphatic hydroxyl groups excluding tert-OH is 1. The molecule has 10 aliphatic carbocycles. The molecule has 0 saturated heterocycles. The number of hydrogen-bond acceptors (Lipinski definition) is 6. The van der Waals surface area contributed by atoms with Crippen molar-refractivity contribution in [1.82, 2.24) is 4.31 Å². The number of ketones is 1. The molecule has 55 heavy (non-hydrogen) atoms. The summed E-state index contributed by atoms with van der Waals surface area (Å²) in [5, 5.41) is 26.5. The van der Waals surface area contributed by atoms with Crippen LogP contribution in [0, 0.1) is 62.5 Å². The summed E-state index contributed by atoms with van der Waals surface area (Å²) < 4.78 is 46.8. The summed E-state index contributed by atoms with van der Waals surface area (Å²) in [5.74, 6) is 1.29. The van der Waals surface area contributed by atoms with Crippen molar-refractivity contribution in [1.29, 1.82) is 0 Å². The molecule has 0 aliphatic heterocycles. The van der Waals surface area contributed by atoms with Crippen molar-refractivity contribution in [2.75, 3.05) is 13.1 Å². The van der Waals surface area contributed by atoms with Crippen molar-refractivity contribution < 1.29 is 27.8 Å². The molecule has 6 bridgehead atoms. The fourth-order valence-electron chi connectivity index (χ4n) is 15.5. The molecule has 1 heterocycles. The SMILES string of the molecule is C[C@]12CC[C@H]3[C@]4(C=C[C@@]5(C=C4C(=O)Cc4c(F)cccc4Cl)CC(O)CC[C@]35C)[C@@H]1CC[C@@]2(O)CN(CC12CC3CC(CC(C3)C1)C2)S(=O)(=O)c1cccs1. The number of halogens is 2. The molecule has 0 amide bonds. The van der Waals surface area contributed by atoms with Gasteiger partial charge < -0.3 is 10.2 Å². The first kappa shape index (κ1) is 37.4. The third-order valence-corrected chi connectivity index (χ3v) is 21.1. The lowest BCUT2D eigenvalue weighted by Crippen LogP contribution is -2.67. The van der Waals surface area contributed by atoms with Gasteiger partial charge in [-0.25, -0.2) is 12.8 Å². The van der Waals surface area contributed by atoms with Crippen LogP contribution >= 0.6 is 22.9 Å². The first-order valence-electron chi connectivity index (χ1n) is 20.9. The number of nitrogens with zero attached hydrogens (tertiary/aromatic N) is 1. The number of Topliss-reactive ketones (excluding diaryl/α,β-unsaturated/α-hetero) is 1. The molecule has 1 aromatic carbocycles. The number of hydrogen-bond donors (Lipinski definition) is 2. The molecule has 6 nitrogen and oxygen atoms in total. The maximum atomic E-state index is 15.3. The van der Waals surface area contributed by atoms with Gasteiger partial charge in [0.1, 0.15) is 10.0 Å². The predicted octanol–water partition coefficient (Wildman–Crippen LogP) is 9.15. The average molecular weight is 809 g/mol. The summed E-state index contributed by atoms with van der Waals surface area (Å²) in [6, 6.07) is 8.02. The van der Waals surface area contributed by atoms with Gasteiger partial charge in [0.2, 0.25) is 0 Å². The Hall–Kier alpha value is -1.88. The molecule has 7 saturated carbocycles. The molecular formula is C45H55ClFNO5S2. The number of carbonyl (C=O) groups excluding carboxylic acids is 1. The van der Waals surface area contributed by atoms with Crippen molar-refractivity contribution in [3.63, 3.8) is 0 Å². The van der Waals surface area contributed by atoms with Crippen LogP contribution in [-0.4, -0.2) is 53.5 Å². The highest BCUT2D eigenvalue weighted by Crippen LogP contribution is 2.78.